The number of nitrogens with one attached hydrogen (secondary N) is 1. The minimum atomic E-state index is -4.81. The Morgan fingerprint density at radius 2 is 1.70 bits per heavy atom. The molecule has 1 aliphatic heterocycles. The van der Waals surface area contributed by atoms with Crippen molar-refractivity contribution in [2.75, 3.05) is 18.4 Å². The molecule has 1 fully saturated rings. The van der Waals surface area contributed by atoms with E-state index in [2.05, 4.69) is 25.4 Å². The molecular weight excluding hydrogens is 463 g/mol. The molecule has 0 unspecified atom stereocenters. The molecule has 2 aromatic heterocycles. The van der Waals surface area contributed by atoms with Crippen LogP contribution in [0.1, 0.15) is 18.4 Å². The lowest BCUT2D eigenvalue weighted by atomic mass is 9.97. The quantitative estimate of drug-likeness (QED) is 0.592. The van der Waals surface area contributed by atoms with E-state index in [0.29, 0.717) is 0 Å². The number of rotatable bonds is 5. The van der Waals surface area contributed by atoms with Gasteiger partial charge in [0.15, 0.2) is 0 Å². The summed E-state index contributed by atoms with van der Waals surface area (Å²) < 4.78 is 67.8. The molecule has 0 aliphatic carbocycles. The number of hydrogen-bond donors (Lipinski definition) is 1. The van der Waals surface area contributed by atoms with E-state index >= 15 is 0 Å². The van der Waals surface area contributed by atoms with Gasteiger partial charge >= 0.3 is 6.18 Å². The van der Waals surface area contributed by atoms with Gasteiger partial charge in [0.1, 0.15) is 6.33 Å². The highest BCUT2D eigenvalue weighted by atomic mass is 32.2. The maximum atomic E-state index is 13.3. The van der Waals surface area contributed by atoms with Gasteiger partial charge in [-0.3, -0.25) is 10.1 Å². The summed E-state index contributed by atoms with van der Waals surface area (Å²) in [5.74, 6) is -0.668. The van der Waals surface area contributed by atoms with E-state index < -0.39 is 38.5 Å². The molecule has 1 aliphatic rings. The number of nitrogens with zero attached hydrogens (tertiary/aromatic N) is 6. The maximum absolute atomic E-state index is 13.3. The van der Waals surface area contributed by atoms with E-state index in [0.717, 1.165) is 22.5 Å². The molecule has 1 aromatic carbocycles. The predicted octanol–water partition coefficient (Wildman–Crippen LogP) is 2.12. The van der Waals surface area contributed by atoms with Crippen LogP contribution < -0.4 is 5.32 Å². The molecule has 3 aromatic rings. The summed E-state index contributed by atoms with van der Waals surface area (Å²) in [4.78, 5) is 24.0. The van der Waals surface area contributed by atoms with Gasteiger partial charge in [-0.1, -0.05) is 12.1 Å². The van der Waals surface area contributed by atoms with E-state index in [4.69, 9.17) is 0 Å². The number of anilines is 1. The molecule has 0 radical (unpaired) electrons. The number of sulfonamides is 1. The normalized spacial score (nSPS) is 16.0. The lowest BCUT2D eigenvalue weighted by Gasteiger charge is -2.31. The number of hydrogen-bond acceptors (Lipinski definition) is 7. The van der Waals surface area contributed by atoms with Crippen LogP contribution in [0.4, 0.5) is 19.1 Å². The van der Waals surface area contributed by atoms with Crippen molar-refractivity contribution in [3.63, 3.8) is 0 Å². The molecule has 33 heavy (non-hydrogen) atoms. The summed E-state index contributed by atoms with van der Waals surface area (Å²) in [5, 5.41) is 6.60. The number of amides is 1. The number of carbonyl (C=O) groups excluding carboxylic acids is 1. The molecule has 3 heterocycles. The average Bonchev–Trinajstić information content (AvgIpc) is 3.27. The van der Waals surface area contributed by atoms with E-state index in [1.165, 1.54) is 29.5 Å². The fraction of sp³-hybridized carbons (Fsp3) is 0.316. The summed E-state index contributed by atoms with van der Waals surface area (Å²) >= 11 is 0. The molecule has 1 amide bonds. The first-order chi connectivity index (χ1) is 15.7. The second-order valence-corrected chi connectivity index (χ2v) is 9.11. The van der Waals surface area contributed by atoms with Crippen LogP contribution in [0, 0.1) is 5.92 Å². The first-order valence-corrected chi connectivity index (χ1v) is 11.3. The number of aromatic nitrogens is 5. The van der Waals surface area contributed by atoms with Crippen molar-refractivity contribution in [1.29, 1.82) is 0 Å². The molecule has 0 bridgehead atoms. The van der Waals surface area contributed by atoms with Crippen LogP contribution in [0.25, 0.3) is 5.95 Å². The first kappa shape index (κ1) is 22.8. The number of carbonyl (C=O) groups is 1. The minimum absolute atomic E-state index is 0.0961. The monoisotopic (exact) mass is 481 g/mol. The SMILES string of the molecule is O=C(Nc1ncnn1-c1ncccn1)C1CCN(S(=O)(=O)c2ccccc2C(F)(F)F)CC1. The lowest BCUT2D eigenvalue weighted by Crippen LogP contribution is -2.42. The lowest BCUT2D eigenvalue weighted by molar-refractivity contribution is -0.139. The first-order valence-electron chi connectivity index (χ1n) is 9.82. The fourth-order valence-corrected chi connectivity index (χ4v) is 5.19. The Labute approximate surface area is 186 Å². The Balaban J connectivity index is 1.44. The van der Waals surface area contributed by atoms with Crippen LogP contribution in [0.5, 0.6) is 0 Å². The largest absolute Gasteiger partial charge is 0.417 e. The summed E-state index contributed by atoms with van der Waals surface area (Å²) in [6.07, 6.45) is -0.310. The number of halogens is 3. The number of benzene rings is 1. The van der Waals surface area contributed by atoms with Gasteiger partial charge in [0.25, 0.3) is 5.95 Å². The molecule has 1 N–H and O–H groups in total. The van der Waals surface area contributed by atoms with Crippen LogP contribution in [0.3, 0.4) is 0 Å². The van der Waals surface area contributed by atoms with Crippen LogP contribution in [-0.4, -0.2) is 56.5 Å². The highest BCUT2D eigenvalue weighted by Crippen LogP contribution is 2.36. The van der Waals surface area contributed by atoms with Crippen LogP contribution in [0.15, 0.2) is 53.9 Å². The van der Waals surface area contributed by atoms with Gasteiger partial charge in [-0.2, -0.15) is 32.2 Å². The number of alkyl halides is 3. The molecule has 4 rings (SSSR count). The van der Waals surface area contributed by atoms with Gasteiger partial charge in [-0.15, -0.1) is 0 Å². The van der Waals surface area contributed by atoms with Gasteiger partial charge in [-0.05, 0) is 31.0 Å². The standard InChI is InChI=1S/C19H18F3N7O3S/c20-19(21,22)14-4-1-2-5-15(14)33(31,32)28-10-6-13(7-11-28)16(30)27-18-25-12-26-29(18)17-23-8-3-9-24-17/h1-5,8-9,12-13H,6-7,10-11H2,(H,25,26,27,30). The van der Waals surface area contributed by atoms with E-state index in [1.54, 1.807) is 6.07 Å². The van der Waals surface area contributed by atoms with Crippen molar-refractivity contribution < 1.29 is 26.4 Å². The summed E-state index contributed by atoms with van der Waals surface area (Å²) in [7, 11) is -4.38. The smallest absolute Gasteiger partial charge is 0.294 e. The highest BCUT2D eigenvalue weighted by Gasteiger charge is 2.40. The van der Waals surface area contributed by atoms with Crippen molar-refractivity contribution in [1.82, 2.24) is 29.0 Å². The Kier molecular flexibility index (Phi) is 6.12. The molecule has 14 heteroatoms. The van der Waals surface area contributed by atoms with Crippen molar-refractivity contribution in [3.8, 4) is 5.95 Å². The zero-order valence-corrected chi connectivity index (χ0v) is 17.8. The topological polar surface area (TPSA) is 123 Å². The molecule has 1 saturated heterocycles. The van der Waals surface area contributed by atoms with Gasteiger partial charge in [-0.25, -0.2) is 18.4 Å². The van der Waals surface area contributed by atoms with Crippen molar-refractivity contribution in [3.05, 3.63) is 54.6 Å². The Morgan fingerprint density at radius 1 is 1.03 bits per heavy atom. The van der Waals surface area contributed by atoms with Crippen LogP contribution >= 0.6 is 0 Å². The Hall–Kier alpha value is -3.39. The van der Waals surface area contributed by atoms with Gasteiger partial charge in [0.05, 0.1) is 10.5 Å². The van der Waals surface area contributed by atoms with Gasteiger partial charge < -0.3 is 0 Å². The van der Waals surface area contributed by atoms with Gasteiger partial charge in [0.2, 0.25) is 21.9 Å². The molecule has 174 valence electrons. The zero-order valence-electron chi connectivity index (χ0n) is 17.0. The predicted molar refractivity (Wildman–Crippen MR) is 109 cm³/mol. The molecule has 0 saturated carbocycles. The van der Waals surface area contributed by atoms with E-state index in [-0.39, 0.29) is 37.8 Å². The van der Waals surface area contributed by atoms with Crippen LogP contribution in [-0.2, 0) is 21.0 Å². The second kappa shape index (κ2) is 8.86. The van der Waals surface area contributed by atoms with E-state index in [9.17, 15) is 26.4 Å². The maximum Gasteiger partial charge on any atom is 0.417 e. The fourth-order valence-electron chi connectivity index (χ4n) is 3.51. The zero-order chi connectivity index (χ0) is 23.6. The second-order valence-electron chi connectivity index (χ2n) is 7.21. The molecule has 10 nitrogen and oxygen atoms in total. The summed E-state index contributed by atoms with van der Waals surface area (Å²) in [6.45, 7) is -0.192. The third kappa shape index (κ3) is 4.71. The van der Waals surface area contributed by atoms with Crippen molar-refractivity contribution in [2.24, 2.45) is 5.92 Å². The third-order valence-corrected chi connectivity index (χ3v) is 7.12. The summed E-state index contributed by atoms with van der Waals surface area (Å²) in [5.41, 5.74) is -1.22. The van der Waals surface area contributed by atoms with Crippen molar-refractivity contribution in [2.45, 2.75) is 23.9 Å². The number of piperidine rings is 1. The molecular formula is C19H18F3N7O3S. The third-order valence-electron chi connectivity index (χ3n) is 5.16. The van der Waals surface area contributed by atoms with Crippen molar-refractivity contribution >= 4 is 21.9 Å². The highest BCUT2D eigenvalue weighted by molar-refractivity contribution is 7.89. The Bertz CT molecular complexity index is 1240. The van der Waals surface area contributed by atoms with Gasteiger partial charge in [0, 0.05) is 31.4 Å². The minimum Gasteiger partial charge on any atom is -0.294 e. The Morgan fingerprint density at radius 3 is 2.36 bits per heavy atom. The van der Waals surface area contributed by atoms with E-state index in [1.807, 2.05) is 0 Å². The van der Waals surface area contributed by atoms with Crippen LogP contribution in [0.2, 0.25) is 0 Å². The molecule has 0 atom stereocenters. The average molecular weight is 481 g/mol. The summed E-state index contributed by atoms with van der Waals surface area (Å²) in [6, 6.07) is 5.68. The molecule has 0 spiro atoms.